The molecule has 0 bridgehead atoms. The lowest BCUT2D eigenvalue weighted by Crippen LogP contribution is -2.30. The van der Waals surface area contributed by atoms with Crippen molar-refractivity contribution in [2.45, 2.75) is 44.4 Å². The number of rotatable bonds is 4. The number of methoxy groups -OCH3 is 1. The fraction of sp³-hybridized carbons (Fsp3) is 0.571. The molecule has 100 valence electrons. The van der Waals surface area contributed by atoms with Gasteiger partial charge in [-0.1, -0.05) is 15.9 Å². The van der Waals surface area contributed by atoms with Gasteiger partial charge in [0.1, 0.15) is 5.75 Å². The van der Waals surface area contributed by atoms with Crippen LogP contribution in [0.25, 0.3) is 0 Å². The van der Waals surface area contributed by atoms with Crippen molar-refractivity contribution in [1.82, 2.24) is 0 Å². The lowest BCUT2D eigenvalue weighted by molar-refractivity contribution is 0.0130. The number of halogens is 1. The molecule has 1 fully saturated rings. The topological polar surface area (TPSA) is 44.5 Å². The normalized spacial score (nSPS) is 23.9. The van der Waals surface area contributed by atoms with Gasteiger partial charge in [0.15, 0.2) is 0 Å². The van der Waals surface area contributed by atoms with E-state index >= 15 is 0 Å². The Bertz CT molecular complexity index is 389. The third kappa shape index (κ3) is 3.70. The molecule has 1 saturated carbocycles. The Kier molecular flexibility index (Phi) is 5.03. The van der Waals surface area contributed by atoms with E-state index in [1.165, 1.54) is 0 Å². The molecule has 0 spiro atoms. The molecule has 0 atom stereocenters. The molecule has 0 aromatic heterocycles. The van der Waals surface area contributed by atoms with Crippen LogP contribution >= 0.6 is 15.9 Å². The molecule has 0 unspecified atom stereocenters. The Labute approximate surface area is 117 Å². The Balaban J connectivity index is 1.91. The molecule has 1 aromatic carbocycles. The largest absolute Gasteiger partial charge is 0.496 e. The lowest BCUT2D eigenvalue weighted by Gasteiger charge is -2.26. The maximum atomic E-state index is 5.96. The first-order chi connectivity index (χ1) is 8.69. The molecule has 0 saturated heterocycles. The molecule has 1 aliphatic rings. The Morgan fingerprint density at radius 3 is 2.67 bits per heavy atom. The summed E-state index contributed by atoms with van der Waals surface area (Å²) in [5.41, 5.74) is 6.97. The number of hydrogen-bond acceptors (Lipinski definition) is 3. The van der Waals surface area contributed by atoms with Crippen molar-refractivity contribution in [3.05, 3.63) is 28.2 Å². The van der Waals surface area contributed by atoms with Crippen LogP contribution < -0.4 is 10.5 Å². The van der Waals surface area contributed by atoms with Crippen molar-refractivity contribution in [1.29, 1.82) is 0 Å². The third-order valence-electron chi connectivity index (χ3n) is 3.44. The van der Waals surface area contributed by atoms with Crippen LogP contribution in [0, 0.1) is 0 Å². The second kappa shape index (κ2) is 6.55. The van der Waals surface area contributed by atoms with Gasteiger partial charge in [0.05, 0.1) is 19.8 Å². The summed E-state index contributed by atoms with van der Waals surface area (Å²) in [6.07, 6.45) is 4.61. The Hall–Kier alpha value is -0.580. The van der Waals surface area contributed by atoms with Gasteiger partial charge in [-0.05, 0) is 43.9 Å². The van der Waals surface area contributed by atoms with Gasteiger partial charge in [0, 0.05) is 16.1 Å². The number of hydrogen-bond donors (Lipinski definition) is 1. The zero-order valence-corrected chi connectivity index (χ0v) is 12.3. The highest BCUT2D eigenvalue weighted by atomic mass is 79.9. The van der Waals surface area contributed by atoms with E-state index < -0.39 is 0 Å². The zero-order chi connectivity index (χ0) is 13.0. The van der Waals surface area contributed by atoms with Crippen LogP contribution in [0.4, 0.5) is 0 Å². The number of ether oxygens (including phenoxy) is 2. The predicted octanol–water partition coefficient (Wildman–Crippen LogP) is 3.24. The second-order valence-corrected chi connectivity index (χ2v) is 5.72. The second-order valence-electron chi connectivity index (χ2n) is 4.80. The summed E-state index contributed by atoms with van der Waals surface area (Å²) in [7, 11) is 1.69. The monoisotopic (exact) mass is 313 g/mol. The van der Waals surface area contributed by atoms with Gasteiger partial charge in [0.2, 0.25) is 0 Å². The summed E-state index contributed by atoms with van der Waals surface area (Å²) in [5.74, 6) is 0.880. The van der Waals surface area contributed by atoms with E-state index in [0.29, 0.717) is 18.8 Å². The van der Waals surface area contributed by atoms with E-state index in [2.05, 4.69) is 15.9 Å². The molecule has 0 amide bonds. The molecule has 0 radical (unpaired) electrons. The highest BCUT2D eigenvalue weighted by molar-refractivity contribution is 9.10. The predicted molar refractivity (Wildman–Crippen MR) is 75.7 cm³/mol. The first-order valence-corrected chi connectivity index (χ1v) is 7.18. The average Bonchev–Trinajstić information content (AvgIpc) is 2.38. The standard InChI is InChI=1S/C14H20BrNO2/c1-17-14-7-2-11(15)8-10(14)9-18-13-5-3-12(16)4-6-13/h2,7-8,12-13H,3-6,9,16H2,1H3. The van der Waals surface area contributed by atoms with Crippen LogP contribution in [-0.4, -0.2) is 19.3 Å². The highest BCUT2D eigenvalue weighted by Gasteiger charge is 2.19. The molecule has 4 heteroatoms. The van der Waals surface area contributed by atoms with Gasteiger partial charge in [-0.3, -0.25) is 0 Å². The van der Waals surface area contributed by atoms with Crippen molar-refractivity contribution >= 4 is 15.9 Å². The summed E-state index contributed by atoms with van der Waals surface area (Å²) in [5, 5.41) is 0. The first-order valence-electron chi connectivity index (χ1n) is 6.38. The smallest absolute Gasteiger partial charge is 0.124 e. The van der Waals surface area contributed by atoms with Crippen molar-refractivity contribution in [2.24, 2.45) is 5.73 Å². The molecular weight excluding hydrogens is 294 g/mol. The summed E-state index contributed by atoms with van der Waals surface area (Å²) in [6.45, 7) is 0.600. The van der Waals surface area contributed by atoms with Gasteiger partial charge in [-0.2, -0.15) is 0 Å². The van der Waals surface area contributed by atoms with E-state index in [4.69, 9.17) is 15.2 Å². The minimum absolute atomic E-state index is 0.341. The van der Waals surface area contributed by atoms with Gasteiger partial charge < -0.3 is 15.2 Å². The molecule has 0 heterocycles. The Morgan fingerprint density at radius 2 is 2.00 bits per heavy atom. The van der Waals surface area contributed by atoms with E-state index in [1.807, 2.05) is 18.2 Å². The quantitative estimate of drug-likeness (QED) is 0.928. The van der Waals surface area contributed by atoms with Gasteiger partial charge in [-0.15, -0.1) is 0 Å². The summed E-state index contributed by atoms with van der Waals surface area (Å²) in [6, 6.07) is 6.35. The molecule has 3 nitrogen and oxygen atoms in total. The molecule has 1 aliphatic carbocycles. The van der Waals surface area contributed by atoms with Crippen molar-refractivity contribution in [2.75, 3.05) is 7.11 Å². The SMILES string of the molecule is COc1ccc(Br)cc1COC1CCC(N)CC1. The Morgan fingerprint density at radius 1 is 1.28 bits per heavy atom. The van der Waals surface area contributed by atoms with Gasteiger partial charge in [0.25, 0.3) is 0 Å². The molecule has 0 aliphatic heterocycles. The van der Waals surface area contributed by atoms with Crippen LogP contribution in [0.2, 0.25) is 0 Å². The lowest BCUT2D eigenvalue weighted by atomic mass is 9.94. The van der Waals surface area contributed by atoms with E-state index in [0.717, 1.165) is 41.5 Å². The number of benzene rings is 1. The van der Waals surface area contributed by atoms with E-state index in [-0.39, 0.29) is 0 Å². The average molecular weight is 314 g/mol. The zero-order valence-electron chi connectivity index (χ0n) is 10.7. The van der Waals surface area contributed by atoms with Crippen LogP contribution in [0.3, 0.4) is 0 Å². The molecular formula is C14H20BrNO2. The van der Waals surface area contributed by atoms with Crippen molar-refractivity contribution in [3.8, 4) is 5.75 Å². The minimum Gasteiger partial charge on any atom is -0.496 e. The molecule has 18 heavy (non-hydrogen) atoms. The third-order valence-corrected chi connectivity index (χ3v) is 3.93. The van der Waals surface area contributed by atoms with E-state index in [1.54, 1.807) is 7.11 Å². The minimum atomic E-state index is 0.341. The molecule has 1 aromatic rings. The fourth-order valence-corrected chi connectivity index (χ4v) is 2.73. The number of nitrogens with two attached hydrogens (primary N) is 1. The highest BCUT2D eigenvalue weighted by Crippen LogP contribution is 2.26. The van der Waals surface area contributed by atoms with Crippen LogP contribution in [0.15, 0.2) is 22.7 Å². The first kappa shape index (κ1) is 13.8. The van der Waals surface area contributed by atoms with Crippen molar-refractivity contribution in [3.63, 3.8) is 0 Å². The van der Waals surface area contributed by atoms with Crippen LogP contribution in [0.1, 0.15) is 31.2 Å². The van der Waals surface area contributed by atoms with Crippen LogP contribution in [-0.2, 0) is 11.3 Å². The van der Waals surface area contributed by atoms with Crippen molar-refractivity contribution < 1.29 is 9.47 Å². The maximum Gasteiger partial charge on any atom is 0.124 e. The van der Waals surface area contributed by atoms with Gasteiger partial charge >= 0.3 is 0 Å². The molecule has 2 N–H and O–H groups in total. The van der Waals surface area contributed by atoms with Gasteiger partial charge in [-0.25, -0.2) is 0 Å². The van der Waals surface area contributed by atoms with E-state index in [9.17, 15) is 0 Å². The fourth-order valence-electron chi connectivity index (χ4n) is 2.32. The summed E-state index contributed by atoms with van der Waals surface area (Å²) >= 11 is 3.47. The molecule has 2 rings (SSSR count). The maximum absolute atomic E-state index is 5.96. The summed E-state index contributed by atoms with van der Waals surface area (Å²) in [4.78, 5) is 0. The van der Waals surface area contributed by atoms with Crippen LogP contribution in [0.5, 0.6) is 5.75 Å². The summed E-state index contributed by atoms with van der Waals surface area (Å²) < 4.78 is 12.3.